The van der Waals surface area contributed by atoms with Crippen molar-refractivity contribution < 1.29 is 19.0 Å². The van der Waals surface area contributed by atoms with E-state index in [1.807, 2.05) is 50.4 Å². The van der Waals surface area contributed by atoms with Crippen LogP contribution in [0.25, 0.3) is 17.5 Å². The molecular formula is C28H32N6O4. The molecule has 3 N–H and O–H groups in total. The van der Waals surface area contributed by atoms with Crippen molar-refractivity contribution in [3.8, 4) is 17.1 Å². The van der Waals surface area contributed by atoms with Crippen LogP contribution >= 0.6 is 0 Å². The third-order valence-corrected chi connectivity index (χ3v) is 6.46. The Balaban J connectivity index is 1.48. The predicted molar refractivity (Wildman–Crippen MR) is 145 cm³/mol. The van der Waals surface area contributed by atoms with Gasteiger partial charge in [0.2, 0.25) is 0 Å². The first-order chi connectivity index (χ1) is 18.4. The van der Waals surface area contributed by atoms with Crippen molar-refractivity contribution in [3.05, 3.63) is 65.2 Å². The van der Waals surface area contributed by atoms with Crippen molar-refractivity contribution in [2.75, 3.05) is 26.1 Å². The Hall–Kier alpha value is -4.18. The minimum Gasteiger partial charge on any atom is -0.498 e. The van der Waals surface area contributed by atoms with Gasteiger partial charge in [-0.1, -0.05) is 18.2 Å². The molecule has 3 unspecified atom stereocenters. The molecule has 0 saturated carbocycles. The molecule has 1 aromatic carbocycles. The third kappa shape index (κ3) is 5.55. The zero-order valence-corrected chi connectivity index (χ0v) is 21.9. The number of nitrogens with one attached hydrogen (secondary N) is 3. The predicted octanol–water partition coefficient (Wildman–Crippen LogP) is 3.04. The number of benzene rings is 1. The van der Waals surface area contributed by atoms with Crippen LogP contribution in [0.1, 0.15) is 25.1 Å². The van der Waals surface area contributed by atoms with Gasteiger partial charge in [0.25, 0.3) is 5.91 Å². The molecule has 3 atom stereocenters. The van der Waals surface area contributed by atoms with Crippen LogP contribution in [0.15, 0.2) is 59.1 Å². The summed E-state index contributed by atoms with van der Waals surface area (Å²) < 4.78 is 17.0. The Bertz CT molecular complexity index is 1330. The quantitative estimate of drug-likeness (QED) is 0.465. The van der Waals surface area contributed by atoms with Crippen molar-refractivity contribution in [3.63, 3.8) is 0 Å². The van der Waals surface area contributed by atoms with E-state index in [2.05, 4.69) is 33.3 Å². The smallest absolute Gasteiger partial charge is 0.258 e. The van der Waals surface area contributed by atoms with Crippen molar-refractivity contribution >= 4 is 24.0 Å². The number of rotatable bonds is 9. The van der Waals surface area contributed by atoms with Crippen molar-refractivity contribution in [1.29, 1.82) is 0 Å². The Labute approximate surface area is 221 Å². The van der Waals surface area contributed by atoms with E-state index in [4.69, 9.17) is 24.2 Å². The molecule has 5 rings (SSSR count). The zero-order chi connectivity index (χ0) is 26.6. The summed E-state index contributed by atoms with van der Waals surface area (Å²) in [5, 5.41) is 10.5. The number of methoxy groups -OCH3 is 2. The van der Waals surface area contributed by atoms with Gasteiger partial charge < -0.3 is 30.3 Å². The third-order valence-electron chi connectivity index (χ3n) is 6.46. The summed E-state index contributed by atoms with van der Waals surface area (Å²) >= 11 is 0. The molecule has 0 radical (unpaired) electrons. The number of aromatic nitrogens is 2. The molecule has 10 heteroatoms. The van der Waals surface area contributed by atoms with Gasteiger partial charge in [-0.25, -0.2) is 9.97 Å². The van der Waals surface area contributed by atoms with Crippen LogP contribution in [0.4, 0.5) is 5.82 Å². The van der Waals surface area contributed by atoms with Crippen LogP contribution in [0.3, 0.4) is 0 Å². The van der Waals surface area contributed by atoms with Crippen LogP contribution in [0, 0.1) is 5.92 Å². The number of carbonyl (C=O) groups is 1. The normalized spacial score (nSPS) is 21.1. The minimum atomic E-state index is -0.234. The topological polar surface area (TPSA) is 119 Å². The van der Waals surface area contributed by atoms with Gasteiger partial charge in [0.1, 0.15) is 23.4 Å². The second kappa shape index (κ2) is 11.1. The van der Waals surface area contributed by atoms with E-state index in [0.717, 1.165) is 22.5 Å². The van der Waals surface area contributed by atoms with Gasteiger partial charge in [0.05, 0.1) is 18.8 Å². The molecule has 2 heterocycles. The summed E-state index contributed by atoms with van der Waals surface area (Å²) in [7, 11) is 3.29. The van der Waals surface area contributed by atoms with Gasteiger partial charge in [-0.2, -0.15) is 5.10 Å². The number of fused-ring (bicyclic) bond motifs is 2. The number of nitrogens with zero attached hydrogens (tertiary/aromatic N) is 3. The van der Waals surface area contributed by atoms with Gasteiger partial charge in [-0.15, -0.1) is 0 Å². The summed E-state index contributed by atoms with van der Waals surface area (Å²) in [5.74, 6) is 2.48. The Morgan fingerprint density at radius 1 is 1.24 bits per heavy atom. The fraction of sp³-hybridized carbons (Fsp3) is 0.357. The van der Waals surface area contributed by atoms with Crippen LogP contribution in [0.2, 0.25) is 0 Å². The summed E-state index contributed by atoms with van der Waals surface area (Å²) in [5.41, 5.74) is 6.48. The van der Waals surface area contributed by atoms with E-state index in [-0.39, 0.29) is 36.6 Å². The minimum absolute atomic E-state index is 0.0484. The monoisotopic (exact) mass is 516 g/mol. The molecule has 1 aliphatic heterocycles. The molecule has 198 valence electrons. The number of anilines is 1. The summed E-state index contributed by atoms with van der Waals surface area (Å²) in [6.45, 7) is 3.75. The maximum Gasteiger partial charge on any atom is 0.258 e. The lowest BCUT2D eigenvalue weighted by molar-refractivity contribution is -0.123. The molecule has 1 amide bonds. The highest BCUT2D eigenvalue weighted by atomic mass is 16.5. The molecular weight excluding hydrogens is 484 g/mol. The van der Waals surface area contributed by atoms with Crippen LogP contribution < -0.4 is 20.8 Å². The van der Waals surface area contributed by atoms with Crippen molar-refractivity contribution in [2.24, 2.45) is 11.0 Å². The SMILES string of the molecule is COC1=Cc2nc(-c3cccc(OCC(=O)NC(C)C)c3)nc(NC3=CC4C=NNC4C=C3)c2CC1OC. The average molecular weight is 517 g/mol. The molecule has 38 heavy (non-hydrogen) atoms. The molecule has 0 saturated heterocycles. The maximum absolute atomic E-state index is 12.0. The molecule has 0 spiro atoms. The second-order valence-corrected chi connectivity index (χ2v) is 9.59. The van der Waals surface area contributed by atoms with Gasteiger partial charge in [-0.3, -0.25) is 4.79 Å². The van der Waals surface area contributed by atoms with Gasteiger partial charge >= 0.3 is 0 Å². The first-order valence-corrected chi connectivity index (χ1v) is 12.6. The zero-order valence-electron chi connectivity index (χ0n) is 21.9. The number of carbonyl (C=O) groups excluding carboxylic acids is 1. The molecule has 10 nitrogen and oxygen atoms in total. The van der Waals surface area contributed by atoms with E-state index in [1.165, 1.54) is 0 Å². The lowest BCUT2D eigenvalue weighted by Crippen LogP contribution is -2.34. The Morgan fingerprint density at radius 3 is 2.89 bits per heavy atom. The Morgan fingerprint density at radius 2 is 2.11 bits per heavy atom. The number of allylic oxidation sites excluding steroid dienone is 1. The highest BCUT2D eigenvalue weighted by molar-refractivity contribution is 5.78. The molecule has 0 bridgehead atoms. The largest absolute Gasteiger partial charge is 0.498 e. The number of hydrogen-bond donors (Lipinski definition) is 3. The first kappa shape index (κ1) is 25.5. The number of amides is 1. The van der Waals surface area contributed by atoms with E-state index >= 15 is 0 Å². The van der Waals surface area contributed by atoms with Crippen molar-refractivity contribution in [2.45, 2.75) is 38.5 Å². The average Bonchev–Trinajstić information content (AvgIpc) is 3.39. The summed E-state index contributed by atoms with van der Waals surface area (Å²) in [4.78, 5) is 21.8. The lowest BCUT2D eigenvalue weighted by atomic mass is 9.95. The molecule has 0 fully saturated rings. The van der Waals surface area contributed by atoms with Crippen LogP contribution in [-0.2, 0) is 20.7 Å². The number of ether oxygens (including phenoxy) is 3. The van der Waals surface area contributed by atoms with E-state index in [9.17, 15) is 4.79 Å². The molecule has 3 aliphatic rings. The fourth-order valence-electron chi connectivity index (χ4n) is 4.60. The van der Waals surface area contributed by atoms with Gasteiger partial charge in [-0.05, 0) is 38.1 Å². The second-order valence-electron chi connectivity index (χ2n) is 9.59. The molecule has 2 aromatic rings. The van der Waals surface area contributed by atoms with E-state index in [1.54, 1.807) is 20.3 Å². The molecule has 2 aliphatic carbocycles. The van der Waals surface area contributed by atoms with Gasteiger partial charge in [0.15, 0.2) is 12.4 Å². The standard InChI is InChI=1S/C28H32N6O4/c1-16(2)30-26(35)15-38-20-7-5-6-17(11-20)27-32-23-13-25(37-4)24(36-3)12-21(23)28(33-27)31-19-8-9-22-18(10-19)14-29-34-22/h5-11,13-14,16,18,22,24,34H,12,15H2,1-4H3,(H,30,35)(H,31,32,33). The highest BCUT2D eigenvalue weighted by Gasteiger charge is 2.28. The van der Waals surface area contributed by atoms with Crippen LogP contribution in [-0.4, -0.2) is 61.1 Å². The van der Waals surface area contributed by atoms with Gasteiger partial charge in [0, 0.05) is 54.6 Å². The van der Waals surface area contributed by atoms with Crippen molar-refractivity contribution in [1.82, 2.24) is 20.7 Å². The highest BCUT2D eigenvalue weighted by Crippen LogP contribution is 2.33. The fourth-order valence-corrected chi connectivity index (χ4v) is 4.60. The number of hydrogen-bond acceptors (Lipinski definition) is 9. The van der Waals surface area contributed by atoms with E-state index in [0.29, 0.717) is 29.6 Å². The first-order valence-electron chi connectivity index (χ1n) is 12.6. The molecule has 1 aromatic heterocycles. The number of hydrazone groups is 1. The van der Waals surface area contributed by atoms with E-state index < -0.39 is 0 Å². The summed E-state index contributed by atoms with van der Waals surface area (Å²) in [6.07, 6.45) is 10.4. The lowest BCUT2D eigenvalue weighted by Gasteiger charge is -2.26. The summed E-state index contributed by atoms with van der Waals surface area (Å²) in [6, 6.07) is 7.64. The maximum atomic E-state index is 12.0. The Kier molecular flexibility index (Phi) is 7.41. The van der Waals surface area contributed by atoms with Crippen LogP contribution in [0.5, 0.6) is 5.75 Å².